The highest BCUT2D eigenvalue weighted by Crippen LogP contribution is 2.50. The second-order valence-corrected chi connectivity index (χ2v) is 4.04. The predicted octanol–water partition coefficient (Wildman–Crippen LogP) is 2.92. The highest BCUT2D eigenvalue weighted by molar-refractivity contribution is 5.48. The number of methoxy groups -OCH3 is 1. The summed E-state index contributed by atoms with van der Waals surface area (Å²) in [7, 11) is 1.50. The fourth-order valence-corrected chi connectivity index (χ4v) is 1.80. The summed E-state index contributed by atoms with van der Waals surface area (Å²) in [6.45, 7) is 0. The molecule has 1 aliphatic rings. The van der Waals surface area contributed by atoms with E-state index in [0.29, 0.717) is 5.56 Å². The van der Waals surface area contributed by atoms with Crippen molar-refractivity contribution in [3.8, 4) is 0 Å². The Balaban J connectivity index is 2.45. The van der Waals surface area contributed by atoms with E-state index in [-0.39, 0.29) is 5.69 Å². The fraction of sp³-hybridized carbons (Fsp3) is 0.455. The molecule has 2 nitrogen and oxygen atoms in total. The van der Waals surface area contributed by atoms with Crippen LogP contribution in [-0.4, -0.2) is 7.11 Å². The fourth-order valence-electron chi connectivity index (χ4n) is 1.80. The summed E-state index contributed by atoms with van der Waals surface area (Å²) < 4.78 is 42.9. The van der Waals surface area contributed by atoms with Gasteiger partial charge in [0.25, 0.3) is 0 Å². The summed E-state index contributed by atoms with van der Waals surface area (Å²) >= 11 is 0. The summed E-state index contributed by atoms with van der Waals surface area (Å²) in [5.74, 6) is 0. The Morgan fingerprint density at radius 1 is 1.25 bits per heavy atom. The van der Waals surface area contributed by atoms with Gasteiger partial charge >= 0.3 is 6.18 Å². The van der Waals surface area contributed by atoms with Crippen molar-refractivity contribution in [1.29, 1.82) is 0 Å². The van der Waals surface area contributed by atoms with Crippen LogP contribution in [0.1, 0.15) is 24.0 Å². The van der Waals surface area contributed by atoms with Gasteiger partial charge < -0.3 is 10.5 Å². The van der Waals surface area contributed by atoms with Crippen LogP contribution in [0.15, 0.2) is 18.2 Å². The van der Waals surface area contributed by atoms with Crippen molar-refractivity contribution in [3.05, 3.63) is 29.3 Å². The molecular formula is C11H12F3NO. The van der Waals surface area contributed by atoms with Crippen LogP contribution in [0.5, 0.6) is 0 Å². The normalized spacial score (nSPS) is 18.5. The van der Waals surface area contributed by atoms with Gasteiger partial charge in [-0.3, -0.25) is 0 Å². The molecule has 0 aromatic heterocycles. The molecule has 0 unspecified atom stereocenters. The van der Waals surface area contributed by atoms with Crippen molar-refractivity contribution < 1.29 is 17.9 Å². The van der Waals surface area contributed by atoms with Crippen LogP contribution < -0.4 is 5.73 Å². The number of hydrogen-bond acceptors (Lipinski definition) is 2. The zero-order valence-electron chi connectivity index (χ0n) is 8.77. The third-order valence-corrected chi connectivity index (χ3v) is 2.90. The average Bonchev–Trinajstić information content (AvgIpc) is 2.96. The number of rotatable bonds is 2. The van der Waals surface area contributed by atoms with Crippen LogP contribution in [0.2, 0.25) is 0 Å². The minimum absolute atomic E-state index is 0.119. The van der Waals surface area contributed by atoms with Crippen molar-refractivity contribution >= 4 is 5.69 Å². The molecule has 5 heteroatoms. The molecule has 0 bridgehead atoms. The smallest absolute Gasteiger partial charge is 0.399 e. The number of alkyl halides is 3. The first-order chi connectivity index (χ1) is 7.37. The maximum atomic E-state index is 12.6. The van der Waals surface area contributed by atoms with Crippen LogP contribution >= 0.6 is 0 Å². The standard InChI is InChI=1S/C11H12F3NO/c1-16-10(2-3-10)7-4-8(11(12,13)14)6-9(15)5-7/h4-6H,2-3,15H2,1H3. The molecule has 0 spiro atoms. The molecule has 0 atom stereocenters. The quantitative estimate of drug-likeness (QED) is 0.794. The minimum Gasteiger partial charge on any atom is -0.399 e. The molecule has 16 heavy (non-hydrogen) atoms. The van der Waals surface area contributed by atoms with Gasteiger partial charge in [0.05, 0.1) is 11.2 Å². The number of halogens is 3. The van der Waals surface area contributed by atoms with Crippen molar-refractivity contribution in [2.75, 3.05) is 12.8 Å². The first-order valence-corrected chi connectivity index (χ1v) is 4.91. The van der Waals surface area contributed by atoms with Crippen molar-refractivity contribution in [2.45, 2.75) is 24.6 Å². The Kier molecular flexibility index (Phi) is 2.38. The molecule has 0 heterocycles. The Morgan fingerprint density at radius 2 is 1.88 bits per heavy atom. The lowest BCUT2D eigenvalue weighted by molar-refractivity contribution is -0.137. The molecule has 0 saturated heterocycles. The van der Waals surface area contributed by atoms with Crippen LogP contribution in [0.25, 0.3) is 0 Å². The zero-order chi connectivity index (χ0) is 12.0. The van der Waals surface area contributed by atoms with Crippen LogP contribution in [-0.2, 0) is 16.5 Å². The zero-order valence-corrected chi connectivity index (χ0v) is 8.77. The monoisotopic (exact) mass is 231 g/mol. The van der Waals surface area contributed by atoms with E-state index in [9.17, 15) is 13.2 Å². The first-order valence-electron chi connectivity index (χ1n) is 4.91. The van der Waals surface area contributed by atoms with Crippen LogP contribution in [0, 0.1) is 0 Å². The van der Waals surface area contributed by atoms with Gasteiger partial charge in [-0.25, -0.2) is 0 Å². The van der Waals surface area contributed by atoms with E-state index >= 15 is 0 Å². The minimum atomic E-state index is -4.37. The lowest BCUT2D eigenvalue weighted by Crippen LogP contribution is -2.13. The molecule has 88 valence electrons. The van der Waals surface area contributed by atoms with E-state index in [4.69, 9.17) is 10.5 Å². The van der Waals surface area contributed by atoms with Gasteiger partial charge in [0.2, 0.25) is 0 Å². The average molecular weight is 231 g/mol. The third kappa shape index (κ3) is 1.87. The Hall–Kier alpha value is -1.23. The van der Waals surface area contributed by atoms with Crippen LogP contribution in [0.3, 0.4) is 0 Å². The molecular weight excluding hydrogens is 219 g/mol. The third-order valence-electron chi connectivity index (χ3n) is 2.90. The number of ether oxygens (including phenoxy) is 1. The van der Waals surface area contributed by atoms with E-state index in [2.05, 4.69) is 0 Å². The van der Waals surface area contributed by atoms with Crippen molar-refractivity contribution in [3.63, 3.8) is 0 Å². The van der Waals surface area contributed by atoms with Gasteiger partial charge in [-0.2, -0.15) is 13.2 Å². The molecule has 1 saturated carbocycles. The maximum absolute atomic E-state index is 12.6. The Labute approximate surface area is 91.2 Å². The molecule has 2 N–H and O–H groups in total. The van der Waals surface area contributed by atoms with Crippen LogP contribution in [0.4, 0.5) is 18.9 Å². The van der Waals surface area contributed by atoms with E-state index in [1.165, 1.54) is 7.11 Å². The highest BCUT2D eigenvalue weighted by Gasteiger charge is 2.46. The van der Waals surface area contributed by atoms with Gasteiger partial charge in [0, 0.05) is 12.8 Å². The van der Waals surface area contributed by atoms with E-state index in [1.807, 2.05) is 0 Å². The number of hydrogen-bond donors (Lipinski definition) is 1. The molecule has 1 aliphatic carbocycles. The second kappa shape index (κ2) is 3.38. The van der Waals surface area contributed by atoms with Gasteiger partial charge in [-0.05, 0) is 36.6 Å². The maximum Gasteiger partial charge on any atom is 0.416 e. The first kappa shape index (κ1) is 11.3. The van der Waals surface area contributed by atoms with E-state index in [0.717, 1.165) is 25.0 Å². The molecule has 1 fully saturated rings. The lowest BCUT2D eigenvalue weighted by atomic mass is 10.0. The molecule has 0 amide bonds. The molecule has 2 rings (SSSR count). The van der Waals surface area contributed by atoms with Crippen molar-refractivity contribution in [1.82, 2.24) is 0 Å². The summed E-state index contributed by atoms with van der Waals surface area (Å²) in [4.78, 5) is 0. The summed E-state index contributed by atoms with van der Waals surface area (Å²) in [5.41, 5.74) is 4.85. The predicted molar refractivity (Wildman–Crippen MR) is 53.8 cm³/mol. The number of anilines is 1. The molecule has 1 aromatic carbocycles. The van der Waals surface area contributed by atoms with E-state index < -0.39 is 17.3 Å². The second-order valence-electron chi connectivity index (χ2n) is 4.04. The SMILES string of the molecule is COC1(c2cc(N)cc(C(F)(F)F)c2)CC1. The number of nitrogens with two attached hydrogens (primary N) is 1. The topological polar surface area (TPSA) is 35.2 Å². The highest BCUT2D eigenvalue weighted by atomic mass is 19.4. The van der Waals surface area contributed by atoms with Crippen molar-refractivity contribution in [2.24, 2.45) is 0 Å². The molecule has 0 aliphatic heterocycles. The number of nitrogen functional groups attached to an aromatic ring is 1. The summed E-state index contributed by atoms with van der Waals surface area (Å²) in [6, 6.07) is 3.60. The summed E-state index contributed by atoms with van der Waals surface area (Å²) in [6.07, 6.45) is -2.89. The Morgan fingerprint density at radius 3 is 2.31 bits per heavy atom. The number of benzene rings is 1. The van der Waals surface area contributed by atoms with Gasteiger partial charge in [0.15, 0.2) is 0 Å². The molecule has 0 radical (unpaired) electrons. The Bertz CT molecular complexity index is 410. The van der Waals surface area contributed by atoms with Gasteiger partial charge in [0.1, 0.15) is 0 Å². The van der Waals surface area contributed by atoms with Gasteiger partial charge in [-0.1, -0.05) is 0 Å². The lowest BCUT2D eigenvalue weighted by Gasteiger charge is -2.17. The largest absolute Gasteiger partial charge is 0.416 e. The van der Waals surface area contributed by atoms with Gasteiger partial charge in [-0.15, -0.1) is 0 Å². The molecule has 1 aromatic rings. The summed E-state index contributed by atoms with van der Waals surface area (Å²) in [5, 5.41) is 0. The van der Waals surface area contributed by atoms with E-state index in [1.54, 1.807) is 6.07 Å².